The van der Waals surface area contributed by atoms with Crippen molar-refractivity contribution in [2.45, 2.75) is 13.0 Å². The van der Waals surface area contributed by atoms with Gasteiger partial charge in [0.2, 0.25) is 5.91 Å². The largest absolute Gasteiger partial charge is 0.369 e. The Morgan fingerprint density at radius 1 is 0.962 bits per heavy atom. The summed E-state index contributed by atoms with van der Waals surface area (Å²) in [5.41, 5.74) is 1.72. The molecule has 1 fully saturated rings. The van der Waals surface area contributed by atoms with E-state index in [1.165, 1.54) is 0 Å². The molecule has 0 saturated carbocycles. The highest BCUT2D eigenvalue weighted by Gasteiger charge is 2.26. The topological polar surface area (TPSA) is 35.6 Å². The van der Waals surface area contributed by atoms with E-state index in [-0.39, 0.29) is 11.9 Å². The highest BCUT2D eigenvalue weighted by atomic mass is 35.5. The fourth-order valence-electron chi connectivity index (χ4n) is 3.08. The van der Waals surface area contributed by atoms with Crippen LogP contribution in [-0.2, 0) is 4.79 Å². The molecule has 0 unspecified atom stereocenters. The number of piperazine rings is 1. The summed E-state index contributed by atoms with van der Waals surface area (Å²) >= 11 is 18.0. The van der Waals surface area contributed by atoms with Gasteiger partial charge in [-0.1, -0.05) is 40.9 Å². The van der Waals surface area contributed by atoms with Gasteiger partial charge in [-0.25, -0.2) is 0 Å². The Morgan fingerprint density at radius 2 is 1.62 bits per heavy atom. The fourth-order valence-corrected chi connectivity index (χ4v) is 3.79. The summed E-state index contributed by atoms with van der Waals surface area (Å²) in [5, 5.41) is 4.62. The second-order valence-electron chi connectivity index (χ2n) is 6.33. The van der Waals surface area contributed by atoms with Gasteiger partial charge < -0.3 is 10.2 Å². The molecule has 0 bridgehead atoms. The summed E-state index contributed by atoms with van der Waals surface area (Å²) in [7, 11) is 0. The van der Waals surface area contributed by atoms with Crippen molar-refractivity contribution in [3.05, 3.63) is 57.5 Å². The van der Waals surface area contributed by atoms with Gasteiger partial charge in [-0.2, -0.15) is 0 Å². The highest BCUT2D eigenvalue weighted by Crippen LogP contribution is 2.24. The third kappa shape index (κ3) is 4.83. The molecule has 2 aromatic carbocycles. The van der Waals surface area contributed by atoms with Gasteiger partial charge in [0.05, 0.1) is 6.04 Å². The van der Waals surface area contributed by atoms with E-state index in [1.54, 1.807) is 18.2 Å². The van der Waals surface area contributed by atoms with Gasteiger partial charge in [0.1, 0.15) is 0 Å². The number of nitrogens with one attached hydrogen (secondary N) is 1. The molecular weight excluding hydrogens is 393 g/mol. The van der Waals surface area contributed by atoms with E-state index in [4.69, 9.17) is 34.8 Å². The van der Waals surface area contributed by atoms with Crippen molar-refractivity contribution < 1.29 is 4.79 Å². The molecule has 7 heteroatoms. The Kier molecular flexibility index (Phi) is 6.30. The number of amides is 1. The molecule has 4 nitrogen and oxygen atoms in total. The van der Waals surface area contributed by atoms with Crippen molar-refractivity contribution in [2.75, 3.05) is 36.4 Å². The third-order valence-electron chi connectivity index (χ3n) is 4.54. The van der Waals surface area contributed by atoms with Crippen LogP contribution in [0, 0.1) is 0 Å². The standard InChI is InChI=1S/C19H20Cl3N3O/c1-13(19(26)23-17-10-15(21)9-16(22)11-17)24-5-7-25(8-6-24)18-4-2-3-14(20)12-18/h2-4,9-13H,5-8H2,1H3,(H,23,26)/t13-/m0/s1. The molecule has 0 aliphatic carbocycles. The second-order valence-corrected chi connectivity index (χ2v) is 7.64. The summed E-state index contributed by atoms with van der Waals surface area (Å²) in [5.74, 6) is -0.0699. The van der Waals surface area contributed by atoms with E-state index >= 15 is 0 Å². The van der Waals surface area contributed by atoms with Crippen molar-refractivity contribution in [2.24, 2.45) is 0 Å². The smallest absolute Gasteiger partial charge is 0.241 e. The van der Waals surface area contributed by atoms with Crippen LogP contribution in [0.2, 0.25) is 15.1 Å². The van der Waals surface area contributed by atoms with Crippen LogP contribution < -0.4 is 10.2 Å². The van der Waals surface area contributed by atoms with Gasteiger partial charge in [-0.05, 0) is 43.3 Å². The number of rotatable bonds is 4. The monoisotopic (exact) mass is 411 g/mol. The van der Waals surface area contributed by atoms with Crippen LogP contribution >= 0.6 is 34.8 Å². The average Bonchev–Trinajstić information content (AvgIpc) is 2.60. The summed E-state index contributed by atoms with van der Waals surface area (Å²) in [4.78, 5) is 17.0. The van der Waals surface area contributed by atoms with E-state index in [1.807, 2.05) is 25.1 Å². The highest BCUT2D eigenvalue weighted by molar-refractivity contribution is 6.35. The molecule has 2 aromatic rings. The minimum absolute atomic E-state index is 0.0699. The molecule has 1 amide bonds. The Bertz CT molecular complexity index is 771. The lowest BCUT2D eigenvalue weighted by Crippen LogP contribution is -2.52. The van der Waals surface area contributed by atoms with Crippen molar-refractivity contribution in [1.29, 1.82) is 0 Å². The maximum Gasteiger partial charge on any atom is 0.241 e. The number of benzene rings is 2. The number of anilines is 2. The van der Waals surface area contributed by atoms with E-state index in [2.05, 4.69) is 21.2 Å². The van der Waals surface area contributed by atoms with Crippen molar-refractivity contribution >= 4 is 52.1 Å². The number of carbonyl (C=O) groups is 1. The Morgan fingerprint density at radius 3 is 2.23 bits per heavy atom. The van der Waals surface area contributed by atoms with Gasteiger partial charge >= 0.3 is 0 Å². The van der Waals surface area contributed by atoms with Crippen LogP contribution in [0.5, 0.6) is 0 Å². The van der Waals surface area contributed by atoms with Gasteiger partial charge in [0, 0.05) is 52.6 Å². The molecule has 1 atom stereocenters. The van der Waals surface area contributed by atoms with Crippen LogP contribution in [0.4, 0.5) is 11.4 Å². The molecule has 1 heterocycles. The zero-order valence-corrected chi connectivity index (χ0v) is 16.7. The molecule has 1 aliphatic rings. The number of nitrogens with zero attached hydrogens (tertiary/aromatic N) is 2. The van der Waals surface area contributed by atoms with Gasteiger partial charge in [0.25, 0.3) is 0 Å². The van der Waals surface area contributed by atoms with E-state index in [9.17, 15) is 4.79 Å². The lowest BCUT2D eigenvalue weighted by Gasteiger charge is -2.38. The molecular formula is C19H20Cl3N3O. The van der Waals surface area contributed by atoms with Crippen molar-refractivity contribution in [3.63, 3.8) is 0 Å². The van der Waals surface area contributed by atoms with Crippen molar-refractivity contribution in [3.8, 4) is 0 Å². The number of carbonyl (C=O) groups excluding carboxylic acids is 1. The average molecular weight is 413 g/mol. The molecule has 1 N–H and O–H groups in total. The maximum atomic E-state index is 12.6. The van der Waals surface area contributed by atoms with Crippen LogP contribution in [0.1, 0.15) is 6.92 Å². The van der Waals surface area contributed by atoms with Gasteiger partial charge in [-0.15, -0.1) is 0 Å². The fraction of sp³-hybridized carbons (Fsp3) is 0.316. The predicted molar refractivity (Wildman–Crippen MR) is 110 cm³/mol. The van der Waals surface area contributed by atoms with Crippen LogP contribution in [0.25, 0.3) is 0 Å². The zero-order valence-electron chi connectivity index (χ0n) is 14.4. The predicted octanol–water partition coefficient (Wildman–Crippen LogP) is 4.80. The summed E-state index contributed by atoms with van der Waals surface area (Å²) < 4.78 is 0. The van der Waals surface area contributed by atoms with Crippen molar-refractivity contribution in [1.82, 2.24) is 4.90 Å². The molecule has 138 valence electrons. The quantitative estimate of drug-likeness (QED) is 0.784. The first-order valence-electron chi connectivity index (χ1n) is 8.44. The molecule has 0 aromatic heterocycles. The molecule has 0 radical (unpaired) electrons. The number of hydrogen-bond acceptors (Lipinski definition) is 3. The lowest BCUT2D eigenvalue weighted by atomic mass is 10.2. The Labute approximate surface area is 168 Å². The molecule has 1 aliphatic heterocycles. The van der Waals surface area contributed by atoms with Gasteiger partial charge in [0.15, 0.2) is 0 Å². The van der Waals surface area contributed by atoms with E-state index in [0.717, 1.165) is 36.9 Å². The SMILES string of the molecule is C[C@@H](C(=O)Nc1cc(Cl)cc(Cl)c1)N1CCN(c2cccc(Cl)c2)CC1. The first-order chi connectivity index (χ1) is 12.4. The minimum atomic E-state index is -0.241. The minimum Gasteiger partial charge on any atom is -0.369 e. The second kappa shape index (κ2) is 8.49. The summed E-state index contributed by atoms with van der Waals surface area (Å²) in [6.07, 6.45) is 0. The summed E-state index contributed by atoms with van der Waals surface area (Å²) in [6, 6.07) is 12.6. The Hall–Kier alpha value is -1.46. The zero-order chi connectivity index (χ0) is 18.7. The Balaban J connectivity index is 1.57. The molecule has 3 rings (SSSR count). The number of hydrogen-bond donors (Lipinski definition) is 1. The van der Waals surface area contributed by atoms with Crippen LogP contribution in [0.15, 0.2) is 42.5 Å². The first-order valence-corrected chi connectivity index (χ1v) is 9.57. The normalized spacial score (nSPS) is 16.4. The first kappa shape index (κ1) is 19.3. The lowest BCUT2D eigenvalue weighted by molar-refractivity contribution is -0.120. The molecule has 26 heavy (non-hydrogen) atoms. The van der Waals surface area contributed by atoms with Crippen LogP contribution in [0.3, 0.4) is 0 Å². The molecule has 1 saturated heterocycles. The maximum absolute atomic E-state index is 12.6. The molecule has 0 spiro atoms. The van der Waals surface area contributed by atoms with Crippen LogP contribution in [-0.4, -0.2) is 43.0 Å². The van der Waals surface area contributed by atoms with E-state index < -0.39 is 0 Å². The van der Waals surface area contributed by atoms with E-state index in [0.29, 0.717) is 15.7 Å². The van der Waals surface area contributed by atoms with Gasteiger partial charge in [-0.3, -0.25) is 9.69 Å². The summed E-state index contributed by atoms with van der Waals surface area (Å²) in [6.45, 7) is 5.22. The number of halogens is 3. The third-order valence-corrected chi connectivity index (χ3v) is 5.22.